The fourth-order valence-corrected chi connectivity index (χ4v) is 4.02. The summed E-state index contributed by atoms with van der Waals surface area (Å²) in [6.45, 7) is 9.41. The summed E-state index contributed by atoms with van der Waals surface area (Å²) in [4.78, 5) is 0. The zero-order chi connectivity index (χ0) is 11.8. The van der Waals surface area contributed by atoms with Gasteiger partial charge in [0.2, 0.25) is 0 Å². The van der Waals surface area contributed by atoms with Gasteiger partial charge in [-0.3, -0.25) is 8.42 Å². The topological polar surface area (TPSA) is 80.3 Å². The van der Waals surface area contributed by atoms with Crippen LogP contribution in [0, 0.1) is 0 Å². The van der Waals surface area contributed by atoms with Crippen molar-refractivity contribution in [3.05, 3.63) is 0 Å². The van der Waals surface area contributed by atoms with Crippen LogP contribution < -0.4 is 0 Å². The number of hydrogen-bond donors (Lipinski definition) is 0. The highest BCUT2D eigenvalue weighted by atomic mass is 32.3. The third kappa shape index (κ3) is 10.4. The average Bonchev–Trinajstić information content (AvgIpc) is 2.07. The SMILES string of the molecule is CC[P+](CC)(CC)CC.O=S(=O)([O-])[O-]. The first-order valence-corrected chi connectivity index (χ1v) is 8.62. The van der Waals surface area contributed by atoms with Gasteiger partial charge < -0.3 is 9.11 Å². The van der Waals surface area contributed by atoms with Gasteiger partial charge in [0.05, 0.1) is 24.6 Å². The van der Waals surface area contributed by atoms with Crippen molar-refractivity contribution in [3.8, 4) is 0 Å². The molecule has 0 aromatic rings. The van der Waals surface area contributed by atoms with E-state index in [0.717, 1.165) is 0 Å². The maximum atomic E-state index is 8.52. The lowest BCUT2D eigenvalue weighted by Crippen LogP contribution is -2.04. The predicted octanol–water partition coefficient (Wildman–Crippen LogP) is 1.75. The quantitative estimate of drug-likeness (QED) is 0.428. The zero-order valence-corrected chi connectivity index (χ0v) is 11.0. The van der Waals surface area contributed by atoms with E-state index in [2.05, 4.69) is 27.7 Å². The van der Waals surface area contributed by atoms with Gasteiger partial charge in [0.15, 0.2) is 0 Å². The molecule has 6 heteroatoms. The molecule has 0 N–H and O–H groups in total. The first kappa shape index (κ1) is 16.7. The summed E-state index contributed by atoms with van der Waals surface area (Å²) >= 11 is 0. The van der Waals surface area contributed by atoms with Crippen LogP contribution in [0.3, 0.4) is 0 Å². The van der Waals surface area contributed by atoms with Gasteiger partial charge in [-0.1, -0.05) is 0 Å². The summed E-state index contributed by atoms with van der Waals surface area (Å²) in [5.41, 5.74) is 0. The molecule has 0 aromatic carbocycles. The Kier molecular flexibility index (Phi) is 9.04. The highest BCUT2D eigenvalue weighted by Gasteiger charge is 2.27. The molecule has 0 atom stereocenters. The molecule has 88 valence electrons. The van der Waals surface area contributed by atoms with Crippen molar-refractivity contribution in [1.29, 1.82) is 0 Å². The summed E-state index contributed by atoms with van der Waals surface area (Å²) in [5.74, 6) is 0. The number of hydrogen-bond acceptors (Lipinski definition) is 4. The summed E-state index contributed by atoms with van der Waals surface area (Å²) in [7, 11) is -5.59. The second-order valence-electron chi connectivity index (χ2n) is 3.01. The van der Waals surface area contributed by atoms with Crippen molar-refractivity contribution >= 4 is 17.7 Å². The van der Waals surface area contributed by atoms with E-state index in [1.165, 1.54) is 24.6 Å². The van der Waals surface area contributed by atoms with Crippen LogP contribution >= 0.6 is 7.26 Å². The summed E-state index contributed by atoms with van der Waals surface area (Å²) in [6, 6.07) is 0. The summed E-state index contributed by atoms with van der Waals surface area (Å²) in [5, 5.41) is 0. The fourth-order valence-electron chi connectivity index (χ4n) is 1.34. The molecule has 0 radical (unpaired) electrons. The lowest BCUT2D eigenvalue weighted by Gasteiger charge is -2.20. The molecule has 0 unspecified atom stereocenters. The van der Waals surface area contributed by atoms with E-state index in [1.54, 1.807) is 0 Å². The van der Waals surface area contributed by atoms with Gasteiger partial charge in [-0.15, -0.1) is 0 Å². The van der Waals surface area contributed by atoms with E-state index in [1.807, 2.05) is 0 Å². The van der Waals surface area contributed by atoms with Crippen LogP contribution in [0.25, 0.3) is 0 Å². The van der Waals surface area contributed by atoms with Gasteiger partial charge in [-0.2, -0.15) is 0 Å². The molecule has 4 nitrogen and oxygen atoms in total. The Bertz CT molecular complexity index is 196. The molecule has 0 fully saturated rings. The van der Waals surface area contributed by atoms with Gasteiger partial charge in [0.25, 0.3) is 0 Å². The molecule has 0 bridgehead atoms. The second-order valence-corrected chi connectivity index (χ2v) is 9.04. The van der Waals surface area contributed by atoms with Gasteiger partial charge in [0.1, 0.15) is 0 Å². The molecule has 0 amide bonds. The van der Waals surface area contributed by atoms with Crippen LogP contribution in [0.5, 0.6) is 0 Å². The van der Waals surface area contributed by atoms with Crippen molar-refractivity contribution in [2.45, 2.75) is 27.7 Å². The number of rotatable bonds is 4. The minimum Gasteiger partial charge on any atom is -0.759 e. The van der Waals surface area contributed by atoms with E-state index < -0.39 is 17.7 Å². The zero-order valence-electron chi connectivity index (χ0n) is 9.32. The van der Waals surface area contributed by atoms with Crippen LogP contribution in [0.15, 0.2) is 0 Å². The lowest BCUT2D eigenvalue weighted by atomic mass is 10.9. The molecule has 0 saturated heterocycles. The normalized spacial score (nSPS) is 11.9. The molecule has 0 aromatic heterocycles. The molecule has 0 spiro atoms. The Labute approximate surface area is 88.0 Å². The molecule has 14 heavy (non-hydrogen) atoms. The van der Waals surface area contributed by atoms with Crippen molar-refractivity contribution in [1.82, 2.24) is 0 Å². The van der Waals surface area contributed by atoms with Gasteiger partial charge >= 0.3 is 0 Å². The van der Waals surface area contributed by atoms with E-state index in [-0.39, 0.29) is 0 Å². The Morgan fingerprint density at radius 3 is 1.00 bits per heavy atom. The maximum absolute atomic E-state index is 8.52. The largest absolute Gasteiger partial charge is 0.759 e. The van der Waals surface area contributed by atoms with Crippen LogP contribution in [0.1, 0.15) is 27.7 Å². The predicted molar refractivity (Wildman–Crippen MR) is 59.6 cm³/mol. The van der Waals surface area contributed by atoms with Gasteiger partial charge in [-0.05, 0) is 27.7 Å². The van der Waals surface area contributed by atoms with E-state index >= 15 is 0 Å². The van der Waals surface area contributed by atoms with Crippen molar-refractivity contribution in [3.63, 3.8) is 0 Å². The lowest BCUT2D eigenvalue weighted by molar-refractivity contribution is 0.352. The monoisotopic (exact) mass is 243 g/mol. The Hall–Kier alpha value is 0.300. The highest BCUT2D eigenvalue weighted by Crippen LogP contribution is 2.57. The van der Waals surface area contributed by atoms with Crippen LogP contribution in [0.4, 0.5) is 0 Å². The van der Waals surface area contributed by atoms with Gasteiger partial charge in [-0.25, -0.2) is 0 Å². The Morgan fingerprint density at radius 1 is 0.857 bits per heavy atom. The molecular formula is C8H20O4PS-. The molecule has 0 aliphatic heterocycles. The van der Waals surface area contributed by atoms with Crippen molar-refractivity contribution in [2.24, 2.45) is 0 Å². The van der Waals surface area contributed by atoms with Crippen LogP contribution in [-0.4, -0.2) is 42.2 Å². The molecule has 0 heterocycles. The van der Waals surface area contributed by atoms with Crippen LogP contribution in [-0.2, 0) is 10.4 Å². The third-order valence-electron chi connectivity index (χ3n) is 2.68. The minimum atomic E-state index is -5.17. The Morgan fingerprint density at radius 2 is 1.00 bits per heavy atom. The van der Waals surface area contributed by atoms with E-state index in [0.29, 0.717) is 0 Å². The molecule has 0 rings (SSSR count). The summed E-state index contributed by atoms with van der Waals surface area (Å²) < 4.78 is 34.1. The van der Waals surface area contributed by atoms with E-state index in [9.17, 15) is 0 Å². The average molecular weight is 243 g/mol. The minimum absolute atomic E-state index is 0.420. The van der Waals surface area contributed by atoms with Crippen molar-refractivity contribution < 1.29 is 17.5 Å². The van der Waals surface area contributed by atoms with E-state index in [4.69, 9.17) is 17.5 Å². The molecule has 0 aliphatic carbocycles. The molecular weight excluding hydrogens is 223 g/mol. The Balaban J connectivity index is 0. The third-order valence-corrected chi connectivity index (χ3v) is 8.05. The first-order chi connectivity index (χ1) is 6.24. The molecule has 0 aliphatic rings. The smallest absolute Gasteiger partial charge is 0.0565 e. The van der Waals surface area contributed by atoms with Gasteiger partial charge in [0, 0.05) is 17.7 Å². The fraction of sp³-hybridized carbons (Fsp3) is 1.00. The summed E-state index contributed by atoms with van der Waals surface area (Å²) in [6.07, 6.45) is 5.82. The van der Waals surface area contributed by atoms with Crippen LogP contribution in [0.2, 0.25) is 0 Å². The maximum Gasteiger partial charge on any atom is 0.0565 e. The van der Waals surface area contributed by atoms with Crippen molar-refractivity contribution in [2.75, 3.05) is 24.6 Å². The first-order valence-electron chi connectivity index (χ1n) is 4.76. The molecule has 0 saturated carbocycles. The standard InChI is InChI=1S/C8H20P.H2O4S/c1-5-9(6-2,7-3)8-4;1-5(2,3)4/h5-8H2,1-4H3;(H2,1,2,3,4)/q+1;/p-2. The second kappa shape index (κ2) is 7.57. The highest BCUT2D eigenvalue weighted by molar-refractivity contribution is 7.79.